The van der Waals surface area contributed by atoms with Crippen molar-refractivity contribution < 1.29 is 23.2 Å². The molecule has 8 heteroatoms. The zero-order valence-corrected chi connectivity index (χ0v) is 23.2. The second-order valence-electron chi connectivity index (χ2n) is 10.6. The second-order valence-corrected chi connectivity index (χ2v) is 10.6. The fraction of sp³-hybridized carbons (Fsp3) is 0.323. The number of aromatic nitrogens is 2. The maximum atomic E-state index is 14.5. The number of carbonyl (C=O) groups is 1. The maximum Gasteiger partial charge on any atom is 0.320 e. The molecule has 0 aliphatic heterocycles. The number of rotatable bonds is 9. The molecule has 0 saturated carbocycles. The summed E-state index contributed by atoms with van der Waals surface area (Å²) >= 11 is 0. The molecule has 0 atom stereocenters. The normalized spacial score (nSPS) is 11.7. The molecule has 0 spiro atoms. The van der Waals surface area contributed by atoms with E-state index in [4.69, 9.17) is 14.0 Å². The van der Waals surface area contributed by atoms with Crippen LogP contribution >= 0.6 is 0 Å². The van der Waals surface area contributed by atoms with E-state index in [0.717, 1.165) is 22.3 Å². The number of halogens is 1. The summed E-state index contributed by atoms with van der Waals surface area (Å²) in [6, 6.07) is 18.7. The SMILES string of the molecule is COCc1cc(-c2nc(-c3cc(F)cc(CN(C)CC(=O)OC(C)(C)C)c3)no2)ccc1-c1ccccc1C. The van der Waals surface area contributed by atoms with Crippen LogP contribution in [0.15, 0.2) is 65.2 Å². The lowest BCUT2D eigenvalue weighted by Gasteiger charge is -2.22. The highest BCUT2D eigenvalue weighted by Crippen LogP contribution is 2.32. The first kappa shape index (κ1) is 28.1. The van der Waals surface area contributed by atoms with Gasteiger partial charge in [0.2, 0.25) is 5.82 Å². The molecule has 0 aliphatic carbocycles. The van der Waals surface area contributed by atoms with E-state index in [-0.39, 0.29) is 18.3 Å². The zero-order valence-electron chi connectivity index (χ0n) is 23.2. The number of likely N-dealkylation sites (N-methyl/N-ethyl adjacent to an activating group) is 1. The zero-order chi connectivity index (χ0) is 28.2. The van der Waals surface area contributed by atoms with Crippen LogP contribution in [0.5, 0.6) is 0 Å². The molecule has 0 aliphatic rings. The molecule has 0 fully saturated rings. The third-order valence-electron chi connectivity index (χ3n) is 6.00. The topological polar surface area (TPSA) is 77.7 Å². The first-order valence-electron chi connectivity index (χ1n) is 12.7. The van der Waals surface area contributed by atoms with Crippen LogP contribution in [0, 0.1) is 12.7 Å². The van der Waals surface area contributed by atoms with Crippen molar-refractivity contribution >= 4 is 5.97 Å². The van der Waals surface area contributed by atoms with Crippen LogP contribution in [0.4, 0.5) is 4.39 Å². The van der Waals surface area contributed by atoms with E-state index in [9.17, 15) is 9.18 Å². The van der Waals surface area contributed by atoms with Crippen molar-refractivity contribution in [1.82, 2.24) is 15.0 Å². The van der Waals surface area contributed by atoms with E-state index >= 15 is 0 Å². The molecule has 0 saturated heterocycles. The smallest absolute Gasteiger partial charge is 0.320 e. The number of nitrogens with zero attached hydrogens (tertiary/aromatic N) is 3. The van der Waals surface area contributed by atoms with Crippen molar-refractivity contribution in [2.75, 3.05) is 20.7 Å². The Hall–Kier alpha value is -3.88. The van der Waals surface area contributed by atoms with Gasteiger partial charge < -0.3 is 14.0 Å². The first-order valence-corrected chi connectivity index (χ1v) is 12.7. The van der Waals surface area contributed by atoms with Crippen LogP contribution in [0.25, 0.3) is 34.0 Å². The van der Waals surface area contributed by atoms with E-state index in [2.05, 4.69) is 29.2 Å². The van der Waals surface area contributed by atoms with Crippen LogP contribution in [0.1, 0.15) is 37.5 Å². The number of aryl methyl sites for hydroxylation is 1. The first-order chi connectivity index (χ1) is 18.5. The largest absolute Gasteiger partial charge is 0.459 e. The number of ether oxygens (including phenoxy) is 2. The van der Waals surface area contributed by atoms with Gasteiger partial charge in [0, 0.05) is 24.8 Å². The van der Waals surface area contributed by atoms with E-state index in [1.54, 1.807) is 25.1 Å². The Kier molecular flexibility index (Phi) is 8.57. The summed E-state index contributed by atoms with van der Waals surface area (Å²) in [5, 5.41) is 4.11. The van der Waals surface area contributed by atoms with E-state index < -0.39 is 11.4 Å². The Bertz CT molecular complexity index is 1460. The molecule has 39 heavy (non-hydrogen) atoms. The lowest BCUT2D eigenvalue weighted by atomic mass is 9.94. The summed E-state index contributed by atoms with van der Waals surface area (Å²) < 4.78 is 30.9. The van der Waals surface area contributed by atoms with Crippen molar-refractivity contribution in [3.8, 4) is 34.0 Å². The average molecular weight is 532 g/mol. The lowest BCUT2D eigenvalue weighted by Crippen LogP contribution is -2.32. The van der Waals surface area contributed by atoms with E-state index in [1.165, 1.54) is 17.7 Å². The predicted octanol–water partition coefficient (Wildman–Crippen LogP) is 6.44. The van der Waals surface area contributed by atoms with Crippen LogP contribution in [0.3, 0.4) is 0 Å². The number of carbonyl (C=O) groups excluding carboxylic acids is 1. The molecule has 1 heterocycles. The summed E-state index contributed by atoms with van der Waals surface area (Å²) in [5.41, 5.74) is 5.70. The van der Waals surface area contributed by atoms with Gasteiger partial charge in [-0.05, 0) is 92.9 Å². The van der Waals surface area contributed by atoms with Gasteiger partial charge in [-0.15, -0.1) is 0 Å². The highest BCUT2D eigenvalue weighted by atomic mass is 19.1. The number of methoxy groups -OCH3 is 1. The summed E-state index contributed by atoms with van der Waals surface area (Å²) in [5.74, 6) is -0.168. The van der Waals surface area contributed by atoms with Gasteiger partial charge >= 0.3 is 5.97 Å². The van der Waals surface area contributed by atoms with E-state index in [1.807, 2.05) is 51.1 Å². The second kappa shape index (κ2) is 11.9. The van der Waals surface area contributed by atoms with Crippen LogP contribution in [0.2, 0.25) is 0 Å². The minimum absolute atomic E-state index is 0.0811. The molecule has 1 aromatic heterocycles. The maximum absolute atomic E-state index is 14.5. The molecular weight excluding hydrogens is 497 g/mol. The van der Waals surface area contributed by atoms with Crippen LogP contribution < -0.4 is 0 Å². The van der Waals surface area contributed by atoms with Crippen LogP contribution in [-0.4, -0.2) is 47.3 Å². The molecule has 204 valence electrons. The molecular formula is C31H34FN3O4. The Balaban J connectivity index is 1.56. The van der Waals surface area contributed by atoms with Crippen molar-refractivity contribution in [2.45, 2.75) is 46.4 Å². The highest BCUT2D eigenvalue weighted by molar-refractivity contribution is 5.74. The molecule has 0 radical (unpaired) electrons. The van der Waals surface area contributed by atoms with Gasteiger partial charge in [0.15, 0.2) is 0 Å². The van der Waals surface area contributed by atoms with Crippen molar-refractivity contribution in [2.24, 2.45) is 0 Å². The third-order valence-corrected chi connectivity index (χ3v) is 6.00. The predicted molar refractivity (Wildman–Crippen MR) is 148 cm³/mol. The lowest BCUT2D eigenvalue weighted by molar-refractivity contribution is -0.155. The molecule has 4 aromatic rings. The number of hydrogen-bond acceptors (Lipinski definition) is 7. The monoisotopic (exact) mass is 531 g/mol. The minimum Gasteiger partial charge on any atom is -0.459 e. The van der Waals surface area contributed by atoms with E-state index in [0.29, 0.717) is 30.2 Å². The van der Waals surface area contributed by atoms with Crippen molar-refractivity contribution in [1.29, 1.82) is 0 Å². The third kappa shape index (κ3) is 7.37. The van der Waals surface area contributed by atoms with Gasteiger partial charge in [0.25, 0.3) is 5.89 Å². The standard InChI is InChI=1S/C31H34FN3O4/c1-20-9-7-8-10-26(20)27-12-11-22(15-24(27)19-37-6)30-33-29(34-39-30)23-13-21(14-25(32)16-23)17-35(5)18-28(36)38-31(2,3)4/h7-16H,17-19H2,1-6H3. The fourth-order valence-corrected chi connectivity index (χ4v) is 4.43. The number of hydrogen-bond donors (Lipinski definition) is 0. The molecule has 4 rings (SSSR count). The molecule has 3 aromatic carbocycles. The Morgan fingerprint density at radius 2 is 1.79 bits per heavy atom. The molecule has 0 bridgehead atoms. The van der Waals surface area contributed by atoms with Gasteiger partial charge in [0.1, 0.15) is 11.4 Å². The quantitative estimate of drug-likeness (QED) is 0.230. The summed E-state index contributed by atoms with van der Waals surface area (Å²) in [6.07, 6.45) is 0. The molecule has 0 amide bonds. The Morgan fingerprint density at radius 1 is 1.03 bits per heavy atom. The minimum atomic E-state index is -0.564. The summed E-state index contributed by atoms with van der Waals surface area (Å²) in [7, 11) is 3.44. The average Bonchev–Trinajstić information content (AvgIpc) is 3.33. The van der Waals surface area contributed by atoms with Crippen molar-refractivity contribution in [3.05, 3.63) is 83.2 Å². The van der Waals surface area contributed by atoms with Gasteiger partial charge in [-0.1, -0.05) is 35.5 Å². The Labute approximate surface area is 228 Å². The Morgan fingerprint density at radius 3 is 2.51 bits per heavy atom. The van der Waals surface area contributed by atoms with Gasteiger partial charge in [0.05, 0.1) is 13.2 Å². The molecule has 7 nitrogen and oxygen atoms in total. The van der Waals surface area contributed by atoms with Crippen molar-refractivity contribution in [3.63, 3.8) is 0 Å². The molecule has 0 unspecified atom stereocenters. The number of benzene rings is 3. The van der Waals surface area contributed by atoms with Crippen LogP contribution in [-0.2, 0) is 27.4 Å². The van der Waals surface area contributed by atoms with Gasteiger partial charge in [-0.25, -0.2) is 4.39 Å². The summed E-state index contributed by atoms with van der Waals surface area (Å²) in [4.78, 5) is 18.5. The summed E-state index contributed by atoms with van der Waals surface area (Å²) in [6.45, 7) is 8.38. The highest BCUT2D eigenvalue weighted by Gasteiger charge is 2.19. The number of esters is 1. The van der Waals surface area contributed by atoms with Gasteiger partial charge in [-0.2, -0.15) is 4.98 Å². The fourth-order valence-electron chi connectivity index (χ4n) is 4.43. The van der Waals surface area contributed by atoms with Gasteiger partial charge in [-0.3, -0.25) is 9.69 Å². The molecule has 0 N–H and O–H groups in total.